The van der Waals surface area contributed by atoms with Crippen LogP contribution in [-0.4, -0.2) is 23.1 Å². The largest absolute Gasteiger partial charge is 0.343 e. The second-order valence-electron chi connectivity index (χ2n) is 5.11. The summed E-state index contributed by atoms with van der Waals surface area (Å²) in [5, 5.41) is 14.0. The second kappa shape index (κ2) is 5.31. The lowest BCUT2D eigenvalue weighted by atomic mass is 10.1. The van der Waals surface area contributed by atoms with Crippen molar-refractivity contribution in [3.8, 4) is 0 Å². The third-order valence-corrected chi connectivity index (χ3v) is 5.61. The number of aryl methyl sites for hydroxylation is 1. The van der Waals surface area contributed by atoms with Crippen molar-refractivity contribution in [1.82, 2.24) is 4.98 Å². The molecule has 2 aromatic rings. The Kier molecular flexibility index (Phi) is 3.41. The Morgan fingerprint density at radius 2 is 2.18 bits per heavy atom. The molecule has 2 aliphatic rings. The van der Waals surface area contributed by atoms with Crippen LogP contribution in [0.1, 0.15) is 17.5 Å². The van der Waals surface area contributed by atoms with E-state index in [9.17, 15) is 10.1 Å². The van der Waals surface area contributed by atoms with Crippen molar-refractivity contribution < 1.29 is 14.4 Å². The number of hydrogen-bond donors (Lipinski definition) is 0. The van der Waals surface area contributed by atoms with Crippen LogP contribution < -0.4 is 0 Å². The molecular formula is C14H12N2O4S2. The highest BCUT2D eigenvalue weighted by Crippen LogP contribution is 2.47. The van der Waals surface area contributed by atoms with Crippen molar-refractivity contribution in [1.29, 1.82) is 0 Å². The summed E-state index contributed by atoms with van der Waals surface area (Å²) in [6.07, 6.45) is 1.45. The van der Waals surface area contributed by atoms with E-state index in [-0.39, 0.29) is 10.6 Å². The maximum atomic E-state index is 11.4. The molecule has 6 nitrogen and oxygen atoms in total. The standard InChI is InChI=1S/C14H12N2O4S2/c17-16(18)11-5-9-1-2-14(19-3-4-20-14)10(9)6-12(11)22-13-7-21-8-15-13/h5-8H,1-4H2. The highest BCUT2D eigenvalue weighted by Gasteiger charge is 2.45. The zero-order chi connectivity index (χ0) is 15.2. The number of fused-ring (bicyclic) bond motifs is 2. The van der Waals surface area contributed by atoms with E-state index in [1.165, 1.54) is 23.1 Å². The highest BCUT2D eigenvalue weighted by molar-refractivity contribution is 7.99. The number of nitro benzene ring substituents is 1. The number of thiazole rings is 1. The van der Waals surface area contributed by atoms with E-state index in [1.807, 2.05) is 11.4 Å². The van der Waals surface area contributed by atoms with E-state index in [1.54, 1.807) is 11.6 Å². The van der Waals surface area contributed by atoms with Crippen molar-refractivity contribution in [3.05, 3.63) is 44.3 Å². The fraction of sp³-hybridized carbons (Fsp3) is 0.357. The van der Waals surface area contributed by atoms with Gasteiger partial charge in [0.1, 0.15) is 5.03 Å². The first kappa shape index (κ1) is 14.1. The van der Waals surface area contributed by atoms with Gasteiger partial charge in [-0.15, -0.1) is 11.3 Å². The predicted molar refractivity (Wildman–Crippen MR) is 81.2 cm³/mol. The van der Waals surface area contributed by atoms with E-state index in [4.69, 9.17) is 9.47 Å². The maximum Gasteiger partial charge on any atom is 0.283 e. The molecule has 0 bridgehead atoms. The van der Waals surface area contributed by atoms with Crippen molar-refractivity contribution in [2.75, 3.05) is 13.2 Å². The van der Waals surface area contributed by atoms with Crippen LogP contribution in [0.25, 0.3) is 0 Å². The molecule has 0 radical (unpaired) electrons. The van der Waals surface area contributed by atoms with Crippen molar-refractivity contribution in [2.24, 2.45) is 0 Å². The summed E-state index contributed by atoms with van der Waals surface area (Å²) in [4.78, 5) is 15.8. The van der Waals surface area contributed by atoms with Gasteiger partial charge in [-0.1, -0.05) is 11.8 Å². The lowest BCUT2D eigenvalue weighted by Gasteiger charge is -2.23. The average Bonchev–Trinajstić information content (AvgIpc) is 3.23. The molecule has 0 unspecified atom stereocenters. The van der Waals surface area contributed by atoms with Crippen LogP contribution in [-0.2, 0) is 21.7 Å². The number of benzene rings is 1. The Morgan fingerprint density at radius 3 is 2.86 bits per heavy atom. The van der Waals surface area contributed by atoms with Crippen LogP contribution in [0.5, 0.6) is 0 Å². The molecule has 1 spiro atoms. The number of rotatable bonds is 3. The molecule has 4 rings (SSSR count). The summed E-state index contributed by atoms with van der Waals surface area (Å²) in [6, 6.07) is 3.50. The zero-order valence-corrected chi connectivity index (χ0v) is 13.1. The first-order valence-corrected chi connectivity index (χ1v) is 8.60. The molecule has 22 heavy (non-hydrogen) atoms. The highest BCUT2D eigenvalue weighted by atomic mass is 32.2. The number of nitrogens with zero attached hydrogens (tertiary/aromatic N) is 2. The molecule has 0 saturated carbocycles. The minimum atomic E-state index is -0.707. The normalized spacial score (nSPS) is 18.7. The van der Waals surface area contributed by atoms with Gasteiger partial charge in [-0.25, -0.2) is 4.98 Å². The van der Waals surface area contributed by atoms with Crippen molar-refractivity contribution in [2.45, 2.75) is 28.6 Å². The topological polar surface area (TPSA) is 74.5 Å². The SMILES string of the molecule is O=[N+]([O-])c1cc2c(cc1Sc1cscn1)C1(CC2)OCCO1. The maximum absolute atomic E-state index is 11.4. The summed E-state index contributed by atoms with van der Waals surface area (Å²) in [7, 11) is 0. The van der Waals surface area contributed by atoms with Gasteiger partial charge in [-0.3, -0.25) is 10.1 Å². The first-order valence-electron chi connectivity index (χ1n) is 6.84. The third-order valence-electron chi connectivity index (χ3n) is 3.89. The predicted octanol–water partition coefficient (Wildman–Crippen LogP) is 3.35. The molecule has 1 aromatic heterocycles. The number of nitro groups is 1. The molecule has 1 fully saturated rings. The summed E-state index contributed by atoms with van der Waals surface area (Å²) < 4.78 is 11.6. The van der Waals surface area contributed by atoms with E-state index in [2.05, 4.69) is 4.98 Å². The first-order chi connectivity index (χ1) is 10.7. The summed E-state index contributed by atoms with van der Waals surface area (Å²) in [5.41, 5.74) is 3.70. The summed E-state index contributed by atoms with van der Waals surface area (Å²) in [5.74, 6) is -0.707. The summed E-state index contributed by atoms with van der Waals surface area (Å²) >= 11 is 2.77. The smallest absolute Gasteiger partial charge is 0.283 e. The van der Waals surface area contributed by atoms with Crippen molar-refractivity contribution >= 4 is 28.8 Å². The van der Waals surface area contributed by atoms with Crippen LogP contribution >= 0.6 is 23.1 Å². The molecule has 0 atom stereocenters. The monoisotopic (exact) mass is 336 g/mol. The Balaban J connectivity index is 1.80. The van der Waals surface area contributed by atoms with Crippen LogP contribution in [0.3, 0.4) is 0 Å². The molecule has 1 saturated heterocycles. The van der Waals surface area contributed by atoms with Gasteiger partial charge >= 0.3 is 0 Å². The van der Waals surface area contributed by atoms with Crippen LogP contribution in [0, 0.1) is 10.1 Å². The van der Waals surface area contributed by atoms with Crippen LogP contribution in [0.4, 0.5) is 5.69 Å². The molecule has 1 aliphatic heterocycles. The molecule has 0 amide bonds. The minimum absolute atomic E-state index is 0.117. The molecular weight excluding hydrogens is 324 g/mol. The van der Waals surface area contributed by atoms with Gasteiger partial charge in [0, 0.05) is 23.4 Å². The lowest BCUT2D eigenvalue weighted by Crippen LogP contribution is -2.23. The molecule has 0 N–H and O–H groups in total. The van der Waals surface area contributed by atoms with Gasteiger partial charge in [0.15, 0.2) is 5.79 Å². The van der Waals surface area contributed by atoms with E-state index in [0.717, 1.165) is 22.6 Å². The van der Waals surface area contributed by atoms with E-state index in [0.29, 0.717) is 24.5 Å². The lowest BCUT2D eigenvalue weighted by molar-refractivity contribution is -0.387. The van der Waals surface area contributed by atoms with Gasteiger partial charge in [0.25, 0.3) is 5.69 Å². The van der Waals surface area contributed by atoms with Gasteiger partial charge in [0.05, 0.1) is 28.5 Å². The van der Waals surface area contributed by atoms with E-state index >= 15 is 0 Å². The number of ether oxygens (including phenoxy) is 2. The minimum Gasteiger partial charge on any atom is -0.343 e. The quantitative estimate of drug-likeness (QED) is 0.632. The van der Waals surface area contributed by atoms with Crippen molar-refractivity contribution in [3.63, 3.8) is 0 Å². The van der Waals surface area contributed by atoms with Gasteiger partial charge < -0.3 is 9.47 Å². The van der Waals surface area contributed by atoms with E-state index < -0.39 is 5.79 Å². The Labute approximate surface area is 134 Å². The Hall–Kier alpha value is -1.48. The fourth-order valence-corrected chi connectivity index (χ4v) is 4.53. The average molecular weight is 336 g/mol. The molecule has 2 heterocycles. The van der Waals surface area contributed by atoms with Gasteiger partial charge in [0.2, 0.25) is 0 Å². The van der Waals surface area contributed by atoms with Crippen LogP contribution in [0.15, 0.2) is 32.9 Å². The Morgan fingerprint density at radius 1 is 1.36 bits per heavy atom. The number of hydrogen-bond acceptors (Lipinski definition) is 7. The van der Waals surface area contributed by atoms with Gasteiger partial charge in [-0.2, -0.15) is 0 Å². The van der Waals surface area contributed by atoms with Crippen LogP contribution in [0.2, 0.25) is 0 Å². The molecule has 1 aromatic carbocycles. The molecule has 1 aliphatic carbocycles. The zero-order valence-electron chi connectivity index (χ0n) is 11.5. The Bertz CT molecular complexity index is 727. The second-order valence-corrected chi connectivity index (χ2v) is 6.89. The summed E-state index contributed by atoms with van der Waals surface area (Å²) in [6.45, 7) is 1.12. The molecule has 114 valence electrons. The number of aromatic nitrogens is 1. The fourth-order valence-electron chi connectivity index (χ4n) is 2.95. The third kappa shape index (κ3) is 2.23. The molecule has 8 heteroatoms. The van der Waals surface area contributed by atoms with Gasteiger partial charge in [-0.05, 0) is 18.1 Å².